The number of methoxy groups -OCH3 is 1. The van der Waals surface area contributed by atoms with E-state index >= 15 is 0 Å². The Labute approximate surface area is 124 Å². The van der Waals surface area contributed by atoms with Crippen LogP contribution in [0.15, 0.2) is 24.3 Å². The summed E-state index contributed by atoms with van der Waals surface area (Å²) in [4.78, 5) is 15.3. The molecule has 2 N–H and O–H groups in total. The average molecular weight is 285 g/mol. The van der Waals surface area contributed by atoms with Gasteiger partial charge in [0.2, 0.25) is 11.9 Å². The molecule has 2 heterocycles. The first-order valence-corrected chi connectivity index (χ1v) is 7.18. The van der Waals surface area contributed by atoms with Gasteiger partial charge >= 0.3 is 0 Å². The fourth-order valence-electron chi connectivity index (χ4n) is 2.57. The maximum absolute atomic E-state index is 5.87. The molecule has 6 heteroatoms. The van der Waals surface area contributed by atoms with Crippen molar-refractivity contribution in [2.45, 2.75) is 19.3 Å². The van der Waals surface area contributed by atoms with Gasteiger partial charge in [0.15, 0.2) is 5.82 Å². The van der Waals surface area contributed by atoms with Crippen molar-refractivity contribution in [1.82, 2.24) is 15.0 Å². The third-order valence-corrected chi connectivity index (χ3v) is 3.63. The summed E-state index contributed by atoms with van der Waals surface area (Å²) in [6.07, 6.45) is 3.58. The van der Waals surface area contributed by atoms with Gasteiger partial charge < -0.3 is 15.4 Å². The summed E-state index contributed by atoms with van der Waals surface area (Å²) in [6, 6.07) is 7.65. The van der Waals surface area contributed by atoms with Gasteiger partial charge in [-0.15, -0.1) is 0 Å². The van der Waals surface area contributed by atoms with E-state index in [1.165, 1.54) is 6.42 Å². The highest BCUT2D eigenvalue weighted by atomic mass is 16.5. The van der Waals surface area contributed by atoms with Gasteiger partial charge in [-0.1, -0.05) is 12.1 Å². The van der Waals surface area contributed by atoms with Crippen LogP contribution in [0.5, 0.6) is 5.75 Å². The summed E-state index contributed by atoms with van der Waals surface area (Å²) in [5.74, 6) is 2.18. The molecule has 0 spiro atoms. The van der Waals surface area contributed by atoms with Gasteiger partial charge in [0.05, 0.1) is 12.7 Å². The predicted octanol–water partition coefficient (Wildman–Crippen LogP) is 2.12. The van der Waals surface area contributed by atoms with Crippen LogP contribution in [0.1, 0.15) is 19.3 Å². The molecule has 0 aliphatic carbocycles. The molecular formula is C15H19N5O. The Hall–Kier alpha value is -2.37. The molecule has 0 radical (unpaired) electrons. The average Bonchev–Trinajstić information content (AvgIpc) is 2.55. The van der Waals surface area contributed by atoms with E-state index < -0.39 is 0 Å². The first-order valence-electron chi connectivity index (χ1n) is 7.18. The van der Waals surface area contributed by atoms with Gasteiger partial charge in [-0.25, -0.2) is 0 Å². The molecule has 1 aliphatic heterocycles. The van der Waals surface area contributed by atoms with Gasteiger partial charge in [-0.05, 0) is 31.4 Å². The number of para-hydroxylation sites is 1. The van der Waals surface area contributed by atoms with Crippen molar-refractivity contribution in [2.24, 2.45) is 0 Å². The van der Waals surface area contributed by atoms with Crippen molar-refractivity contribution in [3.63, 3.8) is 0 Å². The Morgan fingerprint density at radius 2 is 1.81 bits per heavy atom. The monoisotopic (exact) mass is 285 g/mol. The maximum atomic E-state index is 5.87. The number of nitrogens with zero attached hydrogens (tertiary/aromatic N) is 4. The van der Waals surface area contributed by atoms with Crippen LogP contribution in [0, 0.1) is 0 Å². The fraction of sp³-hybridized carbons (Fsp3) is 0.400. The molecule has 0 amide bonds. The van der Waals surface area contributed by atoms with Crippen molar-refractivity contribution in [3.8, 4) is 17.1 Å². The molecular weight excluding hydrogens is 266 g/mol. The number of hydrogen-bond acceptors (Lipinski definition) is 6. The summed E-state index contributed by atoms with van der Waals surface area (Å²) < 4.78 is 5.37. The molecule has 1 fully saturated rings. The Kier molecular flexibility index (Phi) is 3.85. The number of hydrogen-bond donors (Lipinski definition) is 1. The molecule has 1 aromatic heterocycles. The maximum Gasteiger partial charge on any atom is 0.230 e. The number of aromatic nitrogens is 3. The van der Waals surface area contributed by atoms with Gasteiger partial charge in [0.1, 0.15) is 5.75 Å². The van der Waals surface area contributed by atoms with Crippen LogP contribution in [0.3, 0.4) is 0 Å². The zero-order valence-corrected chi connectivity index (χ0v) is 12.1. The highest BCUT2D eigenvalue weighted by Crippen LogP contribution is 2.28. The normalized spacial score (nSPS) is 15.0. The molecule has 110 valence electrons. The van der Waals surface area contributed by atoms with Gasteiger partial charge in [-0.2, -0.15) is 15.0 Å². The van der Waals surface area contributed by atoms with Crippen LogP contribution in [-0.2, 0) is 0 Å². The number of ether oxygens (including phenoxy) is 1. The number of anilines is 2. The van der Waals surface area contributed by atoms with Gasteiger partial charge in [0, 0.05) is 13.1 Å². The van der Waals surface area contributed by atoms with Gasteiger partial charge in [0.25, 0.3) is 0 Å². The lowest BCUT2D eigenvalue weighted by molar-refractivity contribution is 0.416. The van der Waals surface area contributed by atoms with E-state index in [1.807, 2.05) is 24.3 Å². The van der Waals surface area contributed by atoms with Crippen LogP contribution in [0.4, 0.5) is 11.9 Å². The van der Waals surface area contributed by atoms with E-state index in [0.717, 1.165) is 37.2 Å². The molecule has 3 rings (SSSR count). The van der Waals surface area contributed by atoms with Crippen LogP contribution in [-0.4, -0.2) is 35.2 Å². The zero-order chi connectivity index (χ0) is 14.7. The van der Waals surface area contributed by atoms with Crippen molar-refractivity contribution in [2.75, 3.05) is 30.8 Å². The van der Waals surface area contributed by atoms with E-state index in [2.05, 4.69) is 19.9 Å². The van der Waals surface area contributed by atoms with E-state index in [-0.39, 0.29) is 5.95 Å². The number of nitrogens with two attached hydrogens (primary N) is 1. The summed E-state index contributed by atoms with van der Waals surface area (Å²) >= 11 is 0. The minimum Gasteiger partial charge on any atom is -0.496 e. The first kappa shape index (κ1) is 13.6. The predicted molar refractivity (Wildman–Crippen MR) is 82.3 cm³/mol. The lowest BCUT2D eigenvalue weighted by Crippen LogP contribution is -2.31. The van der Waals surface area contributed by atoms with Crippen LogP contribution < -0.4 is 15.4 Å². The van der Waals surface area contributed by atoms with Crippen molar-refractivity contribution in [3.05, 3.63) is 24.3 Å². The molecule has 0 atom stereocenters. The molecule has 1 saturated heterocycles. The van der Waals surface area contributed by atoms with Crippen LogP contribution in [0.2, 0.25) is 0 Å². The third kappa shape index (κ3) is 2.89. The van der Waals surface area contributed by atoms with E-state index in [9.17, 15) is 0 Å². The Morgan fingerprint density at radius 1 is 1.05 bits per heavy atom. The lowest BCUT2D eigenvalue weighted by atomic mass is 10.1. The number of benzene rings is 1. The summed E-state index contributed by atoms with van der Waals surface area (Å²) in [7, 11) is 1.63. The largest absolute Gasteiger partial charge is 0.496 e. The van der Waals surface area contributed by atoms with Crippen molar-refractivity contribution < 1.29 is 4.74 Å². The zero-order valence-electron chi connectivity index (χ0n) is 12.1. The molecule has 6 nitrogen and oxygen atoms in total. The standard InChI is InChI=1S/C15H19N5O/c1-21-12-8-4-3-7-11(12)13-17-14(16)19-15(18-13)20-9-5-2-6-10-20/h3-4,7-8H,2,5-6,9-10H2,1H3,(H2,16,17,18,19). The van der Waals surface area contributed by atoms with Crippen LogP contribution >= 0.6 is 0 Å². The topological polar surface area (TPSA) is 77.2 Å². The Morgan fingerprint density at radius 3 is 2.57 bits per heavy atom. The Balaban J connectivity index is 2.01. The second-order valence-corrected chi connectivity index (χ2v) is 5.07. The summed E-state index contributed by atoms with van der Waals surface area (Å²) in [5.41, 5.74) is 6.69. The highest BCUT2D eigenvalue weighted by molar-refractivity contribution is 5.65. The molecule has 0 bridgehead atoms. The van der Waals surface area contributed by atoms with Gasteiger partial charge in [-0.3, -0.25) is 0 Å². The van der Waals surface area contributed by atoms with Crippen molar-refractivity contribution in [1.29, 1.82) is 0 Å². The molecule has 1 aliphatic rings. The van der Waals surface area contributed by atoms with E-state index in [4.69, 9.17) is 10.5 Å². The third-order valence-electron chi connectivity index (χ3n) is 3.63. The highest BCUT2D eigenvalue weighted by Gasteiger charge is 2.17. The quantitative estimate of drug-likeness (QED) is 0.930. The minimum absolute atomic E-state index is 0.242. The lowest BCUT2D eigenvalue weighted by Gasteiger charge is -2.26. The molecule has 0 unspecified atom stereocenters. The summed E-state index contributed by atoms with van der Waals surface area (Å²) in [6.45, 7) is 1.93. The molecule has 2 aromatic rings. The number of piperidine rings is 1. The second-order valence-electron chi connectivity index (χ2n) is 5.07. The number of nitrogen functional groups attached to an aromatic ring is 1. The summed E-state index contributed by atoms with van der Waals surface area (Å²) in [5, 5.41) is 0. The molecule has 1 aromatic carbocycles. The molecule has 0 saturated carbocycles. The number of rotatable bonds is 3. The first-order chi connectivity index (χ1) is 10.3. The smallest absolute Gasteiger partial charge is 0.230 e. The fourth-order valence-corrected chi connectivity index (χ4v) is 2.57. The SMILES string of the molecule is COc1ccccc1-c1nc(N)nc(N2CCCCC2)n1. The Bertz CT molecular complexity index is 625. The van der Waals surface area contributed by atoms with Crippen molar-refractivity contribution >= 4 is 11.9 Å². The van der Waals surface area contributed by atoms with E-state index in [1.54, 1.807) is 7.11 Å². The van der Waals surface area contributed by atoms with E-state index in [0.29, 0.717) is 11.8 Å². The second kappa shape index (κ2) is 5.95. The minimum atomic E-state index is 0.242. The van der Waals surface area contributed by atoms with Crippen LogP contribution in [0.25, 0.3) is 11.4 Å². The molecule has 21 heavy (non-hydrogen) atoms.